The van der Waals surface area contributed by atoms with Crippen LogP contribution in [-0.4, -0.2) is 34.0 Å². The van der Waals surface area contributed by atoms with Gasteiger partial charge >= 0.3 is 5.97 Å². The molecule has 0 amide bonds. The van der Waals surface area contributed by atoms with Crippen LogP contribution < -0.4 is 0 Å². The van der Waals surface area contributed by atoms with E-state index < -0.39 is 5.97 Å². The minimum Gasteiger partial charge on any atom is -0.481 e. The van der Waals surface area contributed by atoms with E-state index in [1.165, 1.54) is 6.07 Å². The summed E-state index contributed by atoms with van der Waals surface area (Å²) in [7, 11) is 0. The molecule has 6 heteroatoms. The van der Waals surface area contributed by atoms with Crippen molar-refractivity contribution in [1.82, 2.24) is 4.90 Å². The van der Waals surface area contributed by atoms with Crippen molar-refractivity contribution < 1.29 is 14.8 Å². The lowest BCUT2D eigenvalue weighted by molar-refractivity contribution is -0.385. The van der Waals surface area contributed by atoms with Gasteiger partial charge < -0.3 is 5.11 Å². The highest BCUT2D eigenvalue weighted by Crippen LogP contribution is 2.25. The first kappa shape index (κ1) is 15.4. The third-order valence-corrected chi connectivity index (χ3v) is 3.95. The number of benzene rings is 1. The molecule has 2 rings (SSSR count). The smallest absolute Gasteiger partial charge is 0.303 e. The van der Waals surface area contributed by atoms with Gasteiger partial charge in [0.1, 0.15) is 0 Å². The Morgan fingerprint density at radius 3 is 2.90 bits per heavy atom. The Hall–Kier alpha value is -1.95. The second-order valence-electron chi connectivity index (χ2n) is 5.56. The Bertz CT molecular complexity index is 518. The van der Waals surface area contributed by atoms with Crippen LogP contribution in [0.15, 0.2) is 24.3 Å². The molecule has 1 aromatic carbocycles. The summed E-state index contributed by atoms with van der Waals surface area (Å²) in [5.74, 6) is -0.386. The Morgan fingerprint density at radius 2 is 2.19 bits per heavy atom. The molecule has 1 atom stereocenters. The van der Waals surface area contributed by atoms with E-state index >= 15 is 0 Å². The number of nitro groups is 1. The summed E-state index contributed by atoms with van der Waals surface area (Å²) in [5, 5.41) is 19.8. The Kier molecular flexibility index (Phi) is 5.27. The molecule has 0 aliphatic carbocycles. The number of rotatable bonds is 6. The minimum absolute atomic E-state index is 0.158. The molecule has 1 unspecified atom stereocenters. The molecule has 0 aromatic heterocycles. The molecule has 1 fully saturated rings. The molecule has 1 aromatic rings. The van der Waals surface area contributed by atoms with Crippen LogP contribution in [0, 0.1) is 16.0 Å². The number of para-hydroxylation sites is 1. The third kappa shape index (κ3) is 4.53. The van der Waals surface area contributed by atoms with E-state index in [2.05, 4.69) is 4.90 Å². The van der Waals surface area contributed by atoms with E-state index in [1.807, 2.05) is 6.07 Å². The van der Waals surface area contributed by atoms with Crippen molar-refractivity contribution in [3.05, 3.63) is 39.9 Å². The Morgan fingerprint density at radius 1 is 1.43 bits per heavy atom. The van der Waals surface area contributed by atoms with Gasteiger partial charge in [0.25, 0.3) is 5.69 Å². The predicted molar refractivity (Wildman–Crippen MR) is 78.0 cm³/mol. The van der Waals surface area contributed by atoms with Crippen molar-refractivity contribution >= 4 is 11.7 Å². The lowest BCUT2D eigenvalue weighted by Gasteiger charge is -2.32. The van der Waals surface area contributed by atoms with Crippen molar-refractivity contribution in [3.63, 3.8) is 0 Å². The summed E-state index contributed by atoms with van der Waals surface area (Å²) in [5.41, 5.74) is 0.881. The van der Waals surface area contributed by atoms with E-state index in [1.54, 1.807) is 12.1 Å². The second kappa shape index (κ2) is 7.17. The molecule has 21 heavy (non-hydrogen) atoms. The standard InChI is InChI=1S/C15H20N2O4/c18-15(19)8-7-12-4-3-9-16(10-12)11-13-5-1-2-6-14(13)17(20)21/h1-2,5-6,12H,3-4,7-11H2,(H,18,19). The molecule has 0 saturated carbocycles. The molecule has 6 nitrogen and oxygen atoms in total. The first-order chi connectivity index (χ1) is 10.1. The van der Waals surface area contributed by atoms with Gasteiger partial charge in [-0.25, -0.2) is 0 Å². The average molecular weight is 292 g/mol. The van der Waals surface area contributed by atoms with E-state index in [-0.39, 0.29) is 17.0 Å². The summed E-state index contributed by atoms with van der Waals surface area (Å²) >= 11 is 0. The fourth-order valence-corrected chi connectivity index (χ4v) is 2.92. The number of hydrogen-bond donors (Lipinski definition) is 1. The van der Waals surface area contributed by atoms with Crippen LogP contribution in [0.4, 0.5) is 5.69 Å². The number of likely N-dealkylation sites (tertiary alicyclic amines) is 1. The molecule has 1 aliphatic heterocycles. The van der Waals surface area contributed by atoms with Gasteiger partial charge in [0.15, 0.2) is 0 Å². The van der Waals surface area contributed by atoms with Crippen LogP contribution in [0.5, 0.6) is 0 Å². The molecule has 1 N–H and O–H groups in total. The summed E-state index contributed by atoms with van der Waals surface area (Å²) in [6, 6.07) is 6.81. The lowest BCUT2D eigenvalue weighted by Crippen LogP contribution is -2.35. The quantitative estimate of drug-likeness (QED) is 0.643. The Balaban J connectivity index is 1.96. The Labute approximate surface area is 123 Å². The van der Waals surface area contributed by atoms with Crippen LogP contribution in [0.25, 0.3) is 0 Å². The minimum atomic E-state index is -0.758. The predicted octanol–water partition coefficient (Wildman–Crippen LogP) is 2.67. The molecular formula is C15H20N2O4. The van der Waals surface area contributed by atoms with Crippen molar-refractivity contribution in [3.8, 4) is 0 Å². The summed E-state index contributed by atoms with van der Waals surface area (Å²) < 4.78 is 0. The zero-order valence-electron chi connectivity index (χ0n) is 11.9. The maximum atomic E-state index is 11.0. The normalized spacial score (nSPS) is 19.3. The van der Waals surface area contributed by atoms with Crippen molar-refractivity contribution in [2.24, 2.45) is 5.92 Å². The number of aliphatic carboxylic acids is 1. The summed E-state index contributed by atoms with van der Waals surface area (Å²) in [6.07, 6.45) is 2.94. The van der Waals surface area contributed by atoms with Gasteiger partial charge in [0.05, 0.1) is 4.92 Å². The summed E-state index contributed by atoms with van der Waals surface area (Å²) in [4.78, 5) is 23.5. The van der Waals surface area contributed by atoms with E-state index in [0.717, 1.165) is 31.5 Å². The molecule has 1 saturated heterocycles. The molecule has 0 radical (unpaired) electrons. The maximum absolute atomic E-state index is 11.0. The maximum Gasteiger partial charge on any atom is 0.303 e. The third-order valence-electron chi connectivity index (χ3n) is 3.95. The number of carbonyl (C=O) groups is 1. The van der Waals surface area contributed by atoms with Gasteiger partial charge in [-0.05, 0) is 31.7 Å². The topological polar surface area (TPSA) is 83.7 Å². The van der Waals surface area contributed by atoms with Crippen LogP contribution in [-0.2, 0) is 11.3 Å². The highest BCUT2D eigenvalue weighted by molar-refractivity contribution is 5.66. The van der Waals surface area contributed by atoms with Crippen LogP contribution in [0.3, 0.4) is 0 Å². The number of nitrogens with zero attached hydrogens (tertiary/aromatic N) is 2. The van der Waals surface area contributed by atoms with Crippen LogP contribution >= 0.6 is 0 Å². The molecule has 0 bridgehead atoms. The first-order valence-corrected chi connectivity index (χ1v) is 7.22. The van der Waals surface area contributed by atoms with Crippen LogP contribution in [0.1, 0.15) is 31.2 Å². The van der Waals surface area contributed by atoms with Gasteiger partial charge in [0.2, 0.25) is 0 Å². The molecule has 1 heterocycles. The number of hydrogen-bond acceptors (Lipinski definition) is 4. The second-order valence-corrected chi connectivity index (χ2v) is 5.56. The molecular weight excluding hydrogens is 272 g/mol. The van der Waals surface area contributed by atoms with Crippen molar-refractivity contribution in [2.75, 3.05) is 13.1 Å². The van der Waals surface area contributed by atoms with Gasteiger partial charge in [-0.1, -0.05) is 18.2 Å². The lowest BCUT2D eigenvalue weighted by atomic mass is 9.93. The SMILES string of the molecule is O=C(O)CCC1CCCN(Cc2ccccc2[N+](=O)[O-])C1. The fraction of sp³-hybridized carbons (Fsp3) is 0.533. The number of carboxylic acids is 1. The highest BCUT2D eigenvalue weighted by Gasteiger charge is 2.22. The van der Waals surface area contributed by atoms with Gasteiger partial charge in [-0.15, -0.1) is 0 Å². The molecule has 0 spiro atoms. The number of piperidine rings is 1. The van der Waals surface area contributed by atoms with E-state index in [4.69, 9.17) is 5.11 Å². The van der Waals surface area contributed by atoms with Crippen molar-refractivity contribution in [1.29, 1.82) is 0 Å². The van der Waals surface area contributed by atoms with E-state index in [0.29, 0.717) is 18.9 Å². The zero-order chi connectivity index (χ0) is 15.2. The van der Waals surface area contributed by atoms with Crippen LogP contribution in [0.2, 0.25) is 0 Å². The van der Waals surface area contributed by atoms with Crippen molar-refractivity contribution in [2.45, 2.75) is 32.2 Å². The molecule has 114 valence electrons. The molecule has 1 aliphatic rings. The average Bonchev–Trinajstić information content (AvgIpc) is 2.46. The number of nitro benzene ring substituents is 1. The van der Waals surface area contributed by atoms with Gasteiger partial charge in [0, 0.05) is 31.1 Å². The first-order valence-electron chi connectivity index (χ1n) is 7.22. The van der Waals surface area contributed by atoms with Gasteiger partial charge in [-0.3, -0.25) is 19.8 Å². The number of carboxylic acid groups (broad SMARTS) is 1. The monoisotopic (exact) mass is 292 g/mol. The fourth-order valence-electron chi connectivity index (χ4n) is 2.92. The zero-order valence-corrected chi connectivity index (χ0v) is 11.9. The van der Waals surface area contributed by atoms with Gasteiger partial charge in [-0.2, -0.15) is 0 Å². The highest BCUT2D eigenvalue weighted by atomic mass is 16.6. The van der Waals surface area contributed by atoms with E-state index in [9.17, 15) is 14.9 Å². The summed E-state index contributed by atoms with van der Waals surface area (Å²) in [6.45, 7) is 2.29. The largest absolute Gasteiger partial charge is 0.481 e.